The number of rotatable bonds is 3. The molecule has 1 aliphatic heterocycles. The molecule has 2 aromatic carbocycles. The van der Waals surface area contributed by atoms with E-state index in [4.69, 9.17) is 9.47 Å². The van der Waals surface area contributed by atoms with Gasteiger partial charge < -0.3 is 14.6 Å². The van der Waals surface area contributed by atoms with Crippen LogP contribution in [0.4, 0.5) is 24.1 Å². The number of carbonyl (C=O) groups excluding carboxylic acids is 2. The van der Waals surface area contributed by atoms with Gasteiger partial charge in [-0.15, -0.1) is 0 Å². The molecular formula is C21H22F2N2O5. The molecule has 0 bridgehead atoms. The Hall–Kier alpha value is -3.36. The number of fused-ring (bicyclic) bond motifs is 1. The van der Waals surface area contributed by atoms with Crippen LogP contribution in [-0.2, 0) is 11.3 Å². The van der Waals surface area contributed by atoms with Crippen molar-refractivity contribution in [3.05, 3.63) is 53.1 Å². The molecule has 0 radical (unpaired) electrons. The van der Waals surface area contributed by atoms with E-state index >= 15 is 0 Å². The van der Waals surface area contributed by atoms with Gasteiger partial charge in [0.2, 0.25) is 5.82 Å². The number of carbonyl (C=O) groups is 2. The molecule has 30 heavy (non-hydrogen) atoms. The van der Waals surface area contributed by atoms with E-state index in [0.717, 1.165) is 6.07 Å². The third kappa shape index (κ3) is 4.29. The van der Waals surface area contributed by atoms with Crippen LogP contribution in [0.5, 0.6) is 11.5 Å². The lowest BCUT2D eigenvalue weighted by molar-refractivity contribution is 0.0635. The second-order valence-electron chi connectivity index (χ2n) is 7.89. The minimum atomic E-state index is -1.03. The molecule has 160 valence electrons. The first-order valence-corrected chi connectivity index (χ1v) is 9.25. The quantitative estimate of drug-likeness (QED) is 0.722. The van der Waals surface area contributed by atoms with Crippen LogP contribution in [0.25, 0.3) is 0 Å². The highest BCUT2D eigenvalue weighted by molar-refractivity contribution is 5.85. The number of phenolic OH excluding ortho intramolecular Hbond substituents is 1. The molecule has 0 spiro atoms. The van der Waals surface area contributed by atoms with E-state index in [9.17, 15) is 23.5 Å². The van der Waals surface area contributed by atoms with Gasteiger partial charge in [0.25, 0.3) is 0 Å². The second-order valence-corrected chi connectivity index (χ2v) is 7.89. The van der Waals surface area contributed by atoms with Gasteiger partial charge in [-0.3, -0.25) is 10.2 Å². The number of hydrogen-bond donors (Lipinski definition) is 2. The van der Waals surface area contributed by atoms with Crippen molar-refractivity contribution in [2.75, 3.05) is 5.32 Å². The van der Waals surface area contributed by atoms with Crippen molar-refractivity contribution in [2.24, 2.45) is 0 Å². The SMILES string of the molecule is CC1c2ccc(O)c(F)c2OC(=O)N1Cc1cccc(NC(=O)OC(C)(C)C)c1F. The van der Waals surface area contributed by atoms with Crippen molar-refractivity contribution in [3.8, 4) is 11.5 Å². The Morgan fingerprint density at radius 2 is 1.93 bits per heavy atom. The summed E-state index contributed by atoms with van der Waals surface area (Å²) in [5.74, 6) is -2.73. The first-order chi connectivity index (χ1) is 14.0. The summed E-state index contributed by atoms with van der Waals surface area (Å²) in [7, 11) is 0. The van der Waals surface area contributed by atoms with Gasteiger partial charge in [0, 0.05) is 11.1 Å². The van der Waals surface area contributed by atoms with Gasteiger partial charge in [0.05, 0.1) is 18.3 Å². The maximum absolute atomic E-state index is 14.9. The number of hydrogen-bond acceptors (Lipinski definition) is 5. The van der Waals surface area contributed by atoms with Crippen LogP contribution in [0.15, 0.2) is 30.3 Å². The molecule has 9 heteroatoms. The molecule has 1 unspecified atom stereocenters. The zero-order valence-electron chi connectivity index (χ0n) is 17.0. The number of halogens is 2. The molecule has 7 nitrogen and oxygen atoms in total. The molecule has 0 saturated heterocycles. The van der Waals surface area contributed by atoms with Crippen LogP contribution in [0.3, 0.4) is 0 Å². The van der Waals surface area contributed by atoms with E-state index in [0.29, 0.717) is 5.56 Å². The van der Waals surface area contributed by atoms with Crippen molar-refractivity contribution in [3.63, 3.8) is 0 Å². The summed E-state index contributed by atoms with van der Waals surface area (Å²) in [6, 6.07) is 6.31. The van der Waals surface area contributed by atoms with Crippen molar-refractivity contribution < 1.29 is 33.0 Å². The molecule has 0 fully saturated rings. The number of nitrogens with zero attached hydrogens (tertiary/aromatic N) is 1. The van der Waals surface area contributed by atoms with Crippen LogP contribution in [0.1, 0.15) is 44.9 Å². The highest BCUT2D eigenvalue weighted by Crippen LogP contribution is 2.40. The molecule has 0 aliphatic carbocycles. The Labute approximate surface area is 172 Å². The molecular weight excluding hydrogens is 398 g/mol. The number of amides is 2. The van der Waals surface area contributed by atoms with Crippen LogP contribution in [0.2, 0.25) is 0 Å². The van der Waals surface area contributed by atoms with Crippen molar-refractivity contribution in [2.45, 2.75) is 45.9 Å². The van der Waals surface area contributed by atoms with Crippen LogP contribution in [0, 0.1) is 11.6 Å². The summed E-state index contributed by atoms with van der Waals surface area (Å²) in [5, 5.41) is 11.8. The van der Waals surface area contributed by atoms with E-state index < -0.39 is 41.2 Å². The number of anilines is 1. The third-order valence-corrected chi connectivity index (χ3v) is 4.50. The largest absolute Gasteiger partial charge is 0.505 e. The van der Waals surface area contributed by atoms with Crippen molar-refractivity contribution >= 4 is 17.9 Å². The maximum atomic E-state index is 14.9. The first-order valence-electron chi connectivity index (χ1n) is 9.25. The van der Waals surface area contributed by atoms with E-state index in [1.54, 1.807) is 27.7 Å². The minimum Gasteiger partial charge on any atom is -0.505 e. The van der Waals surface area contributed by atoms with E-state index in [2.05, 4.69) is 5.32 Å². The monoisotopic (exact) mass is 420 g/mol. The summed E-state index contributed by atoms with van der Waals surface area (Å²) in [5.41, 5.74) is -0.387. The number of benzene rings is 2. The summed E-state index contributed by atoms with van der Waals surface area (Å²) < 4.78 is 39.2. The molecule has 1 heterocycles. The van der Waals surface area contributed by atoms with E-state index in [1.165, 1.54) is 29.2 Å². The highest BCUT2D eigenvalue weighted by atomic mass is 19.1. The summed E-state index contributed by atoms with van der Waals surface area (Å²) >= 11 is 0. The Balaban J connectivity index is 1.83. The van der Waals surface area contributed by atoms with Gasteiger partial charge in [-0.1, -0.05) is 12.1 Å². The van der Waals surface area contributed by atoms with Crippen LogP contribution < -0.4 is 10.1 Å². The number of aromatic hydroxyl groups is 1. The topological polar surface area (TPSA) is 88.1 Å². The van der Waals surface area contributed by atoms with Gasteiger partial charge in [-0.25, -0.2) is 14.0 Å². The molecule has 2 amide bonds. The fourth-order valence-electron chi connectivity index (χ4n) is 3.06. The van der Waals surface area contributed by atoms with Crippen molar-refractivity contribution in [1.29, 1.82) is 0 Å². The molecule has 2 N–H and O–H groups in total. The number of nitrogens with one attached hydrogen (secondary N) is 1. The smallest absolute Gasteiger partial charge is 0.416 e. The van der Waals surface area contributed by atoms with E-state index in [-0.39, 0.29) is 23.5 Å². The van der Waals surface area contributed by atoms with E-state index in [1.807, 2.05) is 0 Å². The highest BCUT2D eigenvalue weighted by Gasteiger charge is 2.35. The summed E-state index contributed by atoms with van der Waals surface area (Å²) in [6.07, 6.45) is -1.70. The number of ether oxygens (including phenoxy) is 2. The molecule has 1 aliphatic rings. The van der Waals surface area contributed by atoms with Gasteiger partial charge in [0.1, 0.15) is 5.60 Å². The Bertz CT molecular complexity index is 1000. The molecule has 2 aromatic rings. The van der Waals surface area contributed by atoms with Crippen LogP contribution >= 0.6 is 0 Å². The molecule has 3 rings (SSSR count). The van der Waals surface area contributed by atoms with Crippen LogP contribution in [-0.4, -0.2) is 27.8 Å². The maximum Gasteiger partial charge on any atom is 0.416 e. The average Bonchev–Trinajstić information content (AvgIpc) is 2.63. The Morgan fingerprint density at radius 1 is 1.23 bits per heavy atom. The predicted octanol–water partition coefficient (Wildman–Crippen LogP) is 5.09. The summed E-state index contributed by atoms with van der Waals surface area (Å²) in [6.45, 7) is 6.50. The number of phenols is 1. The molecule has 0 saturated carbocycles. The Kier molecular flexibility index (Phi) is 5.56. The molecule has 1 atom stereocenters. The fraction of sp³-hybridized carbons (Fsp3) is 0.333. The lowest BCUT2D eigenvalue weighted by Gasteiger charge is -2.34. The lowest BCUT2D eigenvalue weighted by atomic mass is 10.0. The normalized spacial score (nSPS) is 16.0. The fourth-order valence-corrected chi connectivity index (χ4v) is 3.06. The average molecular weight is 420 g/mol. The Morgan fingerprint density at radius 3 is 2.60 bits per heavy atom. The lowest BCUT2D eigenvalue weighted by Crippen LogP contribution is -2.39. The predicted molar refractivity (Wildman–Crippen MR) is 104 cm³/mol. The van der Waals surface area contributed by atoms with Gasteiger partial charge in [-0.2, -0.15) is 4.39 Å². The third-order valence-electron chi connectivity index (χ3n) is 4.50. The van der Waals surface area contributed by atoms with Crippen molar-refractivity contribution in [1.82, 2.24) is 4.90 Å². The van der Waals surface area contributed by atoms with Gasteiger partial charge in [0.15, 0.2) is 17.3 Å². The standard InChI is InChI=1S/C21H22F2N2O5/c1-11-13-8-9-15(26)17(23)18(13)29-20(28)25(11)10-12-6-5-7-14(16(12)22)24-19(27)30-21(2,3)4/h5-9,11,26H,10H2,1-4H3,(H,24,27). The zero-order valence-corrected chi connectivity index (χ0v) is 17.0. The van der Waals surface area contributed by atoms with Gasteiger partial charge >= 0.3 is 12.2 Å². The first kappa shape index (κ1) is 21.4. The zero-order chi connectivity index (χ0) is 22.2. The second kappa shape index (κ2) is 7.81. The van der Waals surface area contributed by atoms with Gasteiger partial charge in [-0.05, 0) is 45.9 Å². The summed E-state index contributed by atoms with van der Waals surface area (Å²) in [4.78, 5) is 25.6. The molecule has 0 aromatic heterocycles. The minimum absolute atomic E-state index is 0.101.